The van der Waals surface area contributed by atoms with Crippen molar-refractivity contribution in [3.63, 3.8) is 0 Å². The van der Waals surface area contributed by atoms with Crippen LogP contribution in [0.3, 0.4) is 0 Å². The molecule has 0 fully saturated rings. The lowest BCUT2D eigenvalue weighted by Crippen LogP contribution is -2.15. The molecule has 6 heteroatoms. The minimum Gasteiger partial charge on any atom is -0.380 e. The Morgan fingerprint density at radius 2 is 2.00 bits per heavy atom. The highest BCUT2D eigenvalue weighted by atomic mass is 32.2. The summed E-state index contributed by atoms with van der Waals surface area (Å²) in [6.07, 6.45) is 0.477. The molecule has 17 heavy (non-hydrogen) atoms. The molecule has 0 spiro atoms. The van der Waals surface area contributed by atoms with Crippen LogP contribution in [-0.4, -0.2) is 20.1 Å². The predicted octanol–water partition coefficient (Wildman–Crippen LogP) is 1.76. The van der Waals surface area contributed by atoms with Crippen LogP contribution in [-0.2, 0) is 14.9 Å². The SMILES string of the molecule is CCCS(=O)(=O)Oc1ccccc1NC(C)=O. The summed E-state index contributed by atoms with van der Waals surface area (Å²) in [5.74, 6) is -0.202. The Bertz CT molecular complexity index is 496. The first-order valence-corrected chi connectivity index (χ1v) is 6.81. The number of amides is 1. The van der Waals surface area contributed by atoms with Crippen LogP contribution < -0.4 is 9.50 Å². The van der Waals surface area contributed by atoms with Crippen molar-refractivity contribution in [1.82, 2.24) is 0 Å². The van der Waals surface area contributed by atoms with Crippen molar-refractivity contribution in [2.75, 3.05) is 11.1 Å². The first-order valence-electron chi connectivity index (χ1n) is 5.23. The average molecular weight is 257 g/mol. The van der Waals surface area contributed by atoms with E-state index in [1.807, 2.05) is 0 Å². The Morgan fingerprint density at radius 1 is 1.35 bits per heavy atom. The number of carbonyl (C=O) groups is 1. The molecule has 0 heterocycles. The molecule has 0 aromatic heterocycles. The van der Waals surface area contributed by atoms with Gasteiger partial charge in [-0.25, -0.2) is 0 Å². The van der Waals surface area contributed by atoms with E-state index >= 15 is 0 Å². The van der Waals surface area contributed by atoms with Crippen LogP contribution in [0.4, 0.5) is 5.69 Å². The van der Waals surface area contributed by atoms with Gasteiger partial charge in [-0.2, -0.15) is 8.42 Å². The second kappa shape index (κ2) is 5.67. The zero-order valence-corrected chi connectivity index (χ0v) is 10.6. The second-order valence-electron chi connectivity index (χ2n) is 3.52. The lowest BCUT2D eigenvalue weighted by molar-refractivity contribution is -0.114. The van der Waals surface area contributed by atoms with Crippen LogP contribution in [0.15, 0.2) is 24.3 Å². The molecule has 5 nitrogen and oxygen atoms in total. The zero-order valence-electron chi connectivity index (χ0n) is 9.76. The molecule has 1 amide bonds. The summed E-state index contributed by atoms with van der Waals surface area (Å²) in [5, 5.41) is 2.51. The topological polar surface area (TPSA) is 72.5 Å². The first kappa shape index (κ1) is 13.5. The largest absolute Gasteiger partial charge is 0.380 e. The number of hydrogen-bond acceptors (Lipinski definition) is 4. The van der Waals surface area contributed by atoms with Crippen molar-refractivity contribution >= 4 is 21.7 Å². The molecule has 94 valence electrons. The number of para-hydroxylation sites is 2. The van der Waals surface area contributed by atoms with Crippen LogP contribution in [0.2, 0.25) is 0 Å². The van der Waals surface area contributed by atoms with Crippen molar-refractivity contribution in [2.24, 2.45) is 0 Å². The van der Waals surface area contributed by atoms with E-state index in [4.69, 9.17) is 4.18 Å². The molecule has 0 radical (unpaired) electrons. The number of rotatable bonds is 5. The molecular formula is C11H15NO4S. The van der Waals surface area contributed by atoms with E-state index in [1.54, 1.807) is 25.1 Å². The zero-order chi connectivity index (χ0) is 12.9. The van der Waals surface area contributed by atoms with Crippen molar-refractivity contribution in [1.29, 1.82) is 0 Å². The van der Waals surface area contributed by atoms with Crippen LogP contribution in [0.1, 0.15) is 20.3 Å². The van der Waals surface area contributed by atoms with Crippen molar-refractivity contribution in [3.8, 4) is 5.75 Å². The molecule has 1 rings (SSSR count). The number of benzene rings is 1. The van der Waals surface area contributed by atoms with E-state index < -0.39 is 10.1 Å². The highest BCUT2D eigenvalue weighted by Crippen LogP contribution is 2.25. The van der Waals surface area contributed by atoms with Gasteiger partial charge in [-0.3, -0.25) is 4.79 Å². The third-order valence-corrected chi connectivity index (χ3v) is 3.21. The van der Waals surface area contributed by atoms with Crippen LogP contribution in [0.25, 0.3) is 0 Å². The van der Waals surface area contributed by atoms with E-state index in [0.717, 1.165) is 0 Å². The quantitative estimate of drug-likeness (QED) is 0.816. The molecule has 0 aliphatic heterocycles. The molecule has 0 bridgehead atoms. The summed E-state index contributed by atoms with van der Waals surface area (Å²) in [5.41, 5.74) is 0.347. The highest BCUT2D eigenvalue weighted by molar-refractivity contribution is 7.87. The maximum Gasteiger partial charge on any atom is 0.309 e. The maximum atomic E-state index is 11.5. The number of nitrogens with one attached hydrogen (secondary N) is 1. The van der Waals surface area contributed by atoms with Crippen molar-refractivity contribution in [2.45, 2.75) is 20.3 Å². The molecule has 0 aliphatic rings. The van der Waals surface area contributed by atoms with Gasteiger partial charge in [-0.05, 0) is 18.6 Å². The molecule has 0 atom stereocenters. The lowest BCUT2D eigenvalue weighted by atomic mass is 10.3. The smallest absolute Gasteiger partial charge is 0.309 e. The summed E-state index contributed by atoms with van der Waals surface area (Å²) in [7, 11) is -3.59. The number of carbonyl (C=O) groups excluding carboxylic acids is 1. The second-order valence-corrected chi connectivity index (χ2v) is 5.21. The fraction of sp³-hybridized carbons (Fsp3) is 0.364. The first-order chi connectivity index (χ1) is 7.94. The van der Waals surface area contributed by atoms with E-state index in [2.05, 4.69) is 5.32 Å². The molecular weight excluding hydrogens is 242 g/mol. The van der Waals surface area contributed by atoms with Gasteiger partial charge in [0.25, 0.3) is 0 Å². The van der Waals surface area contributed by atoms with E-state index in [9.17, 15) is 13.2 Å². The predicted molar refractivity (Wildman–Crippen MR) is 65.5 cm³/mol. The third-order valence-electron chi connectivity index (χ3n) is 1.87. The van der Waals surface area contributed by atoms with Crippen LogP contribution in [0.5, 0.6) is 5.75 Å². The van der Waals surface area contributed by atoms with Crippen molar-refractivity contribution < 1.29 is 17.4 Å². The monoisotopic (exact) mass is 257 g/mol. The molecule has 0 aliphatic carbocycles. The Hall–Kier alpha value is -1.56. The number of hydrogen-bond donors (Lipinski definition) is 1. The molecule has 0 saturated heterocycles. The lowest BCUT2D eigenvalue weighted by Gasteiger charge is -2.10. The van der Waals surface area contributed by atoms with Gasteiger partial charge in [-0.15, -0.1) is 0 Å². The Balaban J connectivity index is 2.94. The average Bonchev–Trinajstić information content (AvgIpc) is 2.19. The molecule has 1 N–H and O–H groups in total. The normalized spacial score (nSPS) is 10.9. The summed E-state index contributed by atoms with van der Waals surface area (Å²) in [4.78, 5) is 10.9. The van der Waals surface area contributed by atoms with E-state index in [1.165, 1.54) is 13.0 Å². The van der Waals surface area contributed by atoms with Gasteiger partial charge in [0.2, 0.25) is 5.91 Å². The number of anilines is 1. The molecule has 1 aromatic carbocycles. The van der Waals surface area contributed by atoms with E-state index in [-0.39, 0.29) is 17.4 Å². The maximum absolute atomic E-state index is 11.5. The minimum atomic E-state index is -3.59. The highest BCUT2D eigenvalue weighted by Gasteiger charge is 2.14. The summed E-state index contributed by atoms with van der Waals surface area (Å²) in [6.45, 7) is 3.10. The fourth-order valence-corrected chi connectivity index (χ4v) is 2.26. The summed E-state index contributed by atoms with van der Waals surface area (Å²) >= 11 is 0. The summed E-state index contributed by atoms with van der Waals surface area (Å²) < 4.78 is 27.9. The Kier molecular flexibility index (Phi) is 4.51. The molecule has 0 unspecified atom stereocenters. The van der Waals surface area contributed by atoms with Crippen molar-refractivity contribution in [3.05, 3.63) is 24.3 Å². The fourth-order valence-electron chi connectivity index (χ4n) is 1.26. The van der Waals surface area contributed by atoms with Gasteiger partial charge >= 0.3 is 10.1 Å². The van der Waals surface area contributed by atoms with Crippen LogP contribution >= 0.6 is 0 Å². The van der Waals surface area contributed by atoms with Gasteiger partial charge < -0.3 is 9.50 Å². The van der Waals surface area contributed by atoms with Gasteiger partial charge in [0, 0.05) is 6.92 Å². The summed E-state index contributed by atoms with van der Waals surface area (Å²) in [6, 6.07) is 6.41. The minimum absolute atomic E-state index is 0.0542. The Labute approximate surface area is 101 Å². The molecule has 1 aromatic rings. The molecule has 0 saturated carbocycles. The Morgan fingerprint density at radius 3 is 2.59 bits per heavy atom. The van der Waals surface area contributed by atoms with Crippen LogP contribution in [0, 0.1) is 0 Å². The standard InChI is InChI=1S/C11H15NO4S/c1-3-8-17(14,15)16-11-7-5-4-6-10(11)12-9(2)13/h4-7H,3,8H2,1-2H3,(H,12,13). The van der Waals surface area contributed by atoms with Gasteiger partial charge in [0.1, 0.15) is 0 Å². The van der Waals surface area contributed by atoms with Gasteiger partial charge in [0.15, 0.2) is 5.75 Å². The van der Waals surface area contributed by atoms with Gasteiger partial charge in [-0.1, -0.05) is 19.1 Å². The van der Waals surface area contributed by atoms with E-state index in [0.29, 0.717) is 12.1 Å². The van der Waals surface area contributed by atoms with Gasteiger partial charge in [0.05, 0.1) is 11.4 Å². The third kappa shape index (κ3) is 4.44.